The van der Waals surface area contributed by atoms with Crippen molar-refractivity contribution in [2.24, 2.45) is 7.05 Å². The smallest absolute Gasteiger partial charge is 0.255 e. The molecule has 0 unspecified atom stereocenters. The Bertz CT molecular complexity index is 1070. The van der Waals surface area contributed by atoms with Gasteiger partial charge in [0.25, 0.3) is 5.56 Å². The third-order valence-electron chi connectivity index (χ3n) is 5.30. The summed E-state index contributed by atoms with van der Waals surface area (Å²) in [6, 6.07) is 12.2. The molecule has 1 fully saturated rings. The van der Waals surface area contributed by atoms with Gasteiger partial charge in [0.1, 0.15) is 5.75 Å². The second kappa shape index (κ2) is 8.90. The molecular formula is C23H24N4O3. The summed E-state index contributed by atoms with van der Waals surface area (Å²) in [7, 11) is 1.62. The monoisotopic (exact) mass is 404 g/mol. The minimum atomic E-state index is -0.208. The summed E-state index contributed by atoms with van der Waals surface area (Å²) in [5, 5.41) is 2.99. The maximum absolute atomic E-state index is 12.6. The number of benzene rings is 1. The van der Waals surface area contributed by atoms with Crippen molar-refractivity contribution in [3.63, 3.8) is 0 Å². The average molecular weight is 404 g/mol. The third kappa shape index (κ3) is 4.56. The van der Waals surface area contributed by atoms with Gasteiger partial charge in [-0.05, 0) is 62.1 Å². The predicted molar refractivity (Wildman–Crippen MR) is 115 cm³/mol. The van der Waals surface area contributed by atoms with Crippen molar-refractivity contribution in [3.8, 4) is 17.0 Å². The number of carbonyl (C=O) groups is 1. The van der Waals surface area contributed by atoms with Gasteiger partial charge in [-0.3, -0.25) is 19.1 Å². The summed E-state index contributed by atoms with van der Waals surface area (Å²) >= 11 is 0. The summed E-state index contributed by atoms with van der Waals surface area (Å²) in [5.74, 6) is 1.04. The van der Waals surface area contributed by atoms with E-state index in [1.807, 2.05) is 12.1 Å². The lowest BCUT2D eigenvalue weighted by atomic mass is 10.1. The topological polar surface area (TPSA) is 86.1 Å². The molecule has 154 valence electrons. The molecule has 1 aliphatic carbocycles. The first-order chi connectivity index (χ1) is 14.6. The van der Waals surface area contributed by atoms with Crippen molar-refractivity contribution in [3.05, 3.63) is 70.8 Å². The molecule has 0 bridgehead atoms. The molecule has 30 heavy (non-hydrogen) atoms. The normalized spacial score (nSPS) is 13.9. The second-order valence-corrected chi connectivity index (χ2v) is 7.42. The van der Waals surface area contributed by atoms with Crippen LogP contribution in [0.3, 0.4) is 0 Å². The predicted octanol–water partition coefficient (Wildman–Crippen LogP) is 3.46. The molecule has 7 nitrogen and oxygen atoms in total. The highest BCUT2D eigenvalue weighted by Gasteiger charge is 2.17. The first kappa shape index (κ1) is 19.8. The van der Waals surface area contributed by atoms with E-state index in [0.29, 0.717) is 17.2 Å². The molecule has 0 aliphatic heterocycles. The number of rotatable bonds is 7. The molecule has 1 saturated carbocycles. The molecule has 1 aromatic carbocycles. The number of hydrogen-bond donors (Lipinski definition) is 1. The number of Topliss-reactive ketones (excluding diaryl/α,β-unsaturated/α-hetero) is 1. The van der Waals surface area contributed by atoms with Crippen LogP contribution in [0.25, 0.3) is 11.3 Å². The molecule has 3 aromatic rings. The molecule has 0 radical (unpaired) electrons. The molecular weight excluding hydrogens is 380 g/mol. The minimum absolute atomic E-state index is 0.0307. The van der Waals surface area contributed by atoms with Gasteiger partial charge in [0.05, 0.1) is 18.3 Å². The van der Waals surface area contributed by atoms with Crippen LogP contribution in [-0.4, -0.2) is 33.0 Å². The van der Waals surface area contributed by atoms with Crippen LogP contribution in [-0.2, 0) is 7.05 Å². The number of aromatic nitrogens is 3. The number of nitrogens with zero attached hydrogens (tertiary/aromatic N) is 3. The van der Waals surface area contributed by atoms with E-state index in [4.69, 9.17) is 4.74 Å². The van der Waals surface area contributed by atoms with E-state index in [9.17, 15) is 9.59 Å². The van der Waals surface area contributed by atoms with Crippen LogP contribution in [0.2, 0.25) is 0 Å². The lowest BCUT2D eigenvalue weighted by Gasteiger charge is -2.13. The Morgan fingerprint density at radius 3 is 2.53 bits per heavy atom. The third-order valence-corrected chi connectivity index (χ3v) is 5.30. The van der Waals surface area contributed by atoms with Gasteiger partial charge in [-0.15, -0.1) is 0 Å². The zero-order chi connectivity index (χ0) is 20.9. The maximum Gasteiger partial charge on any atom is 0.255 e. The molecule has 0 amide bonds. The molecule has 4 rings (SSSR count). The van der Waals surface area contributed by atoms with Crippen molar-refractivity contribution < 1.29 is 9.53 Å². The maximum atomic E-state index is 12.6. The van der Waals surface area contributed by atoms with Crippen molar-refractivity contribution in [1.82, 2.24) is 14.5 Å². The lowest BCUT2D eigenvalue weighted by molar-refractivity contribution is 0.101. The molecule has 1 N–H and O–H groups in total. The van der Waals surface area contributed by atoms with Crippen LogP contribution < -0.4 is 15.6 Å². The fraction of sp³-hybridized carbons (Fsp3) is 0.304. The summed E-state index contributed by atoms with van der Waals surface area (Å²) in [6.45, 7) is 0.0307. The highest BCUT2D eigenvalue weighted by molar-refractivity contribution is 5.98. The van der Waals surface area contributed by atoms with Gasteiger partial charge in [-0.1, -0.05) is 0 Å². The molecule has 2 heterocycles. The second-order valence-electron chi connectivity index (χ2n) is 7.42. The van der Waals surface area contributed by atoms with Crippen LogP contribution in [0.1, 0.15) is 36.0 Å². The van der Waals surface area contributed by atoms with Gasteiger partial charge in [0, 0.05) is 36.6 Å². The molecule has 0 saturated heterocycles. The van der Waals surface area contributed by atoms with Gasteiger partial charge in [-0.2, -0.15) is 0 Å². The molecule has 0 spiro atoms. The van der Waals surface area contributed by atoms with Crippen LogP contribution in [0.4, 0.5) is 5.95 Å². The van der Waals surface area contributed by atoms with E-state index in [-0.39, 0.29) is 24.0 Å². The fourth-order valence-corrected chi connectivity index (χ4v) is 3.55. The van der Waals surface area contributed by atoms with E-state index < -0.39 is 0 Å². The number of hydrogen-bond acceptors (Lipinski definition) is 6. The van der Waals surface area contributed by atoms with Gasteiger partial charge in [0.2, 0.25) is 5.95 Å². The van der Waals surface area contributed by atoms with Gasteiger partial charge < -0.3 is 10.1 Å². The van der Waals surface area contributed by atoms with E-state index in [1.165, 1.54) is 23.5 Å². The Morgan fingerprint density at radius 1 is 1.13 bits per heavy atom. The summed E-state index contributed by atoms with van der Waals surface area (Å²) < 4.78 is 7.33. The summed E-state index contributed by atoms with van der Waals surface area (Å²) in [5.41, 5.74) is 1.69. The zero-order valence-corrected chi connectivity index (χ0v) is 16.9. The summed E-state index contributed by atoms with van der Waals surface area (Å²) in [6.07, 6.45) is 8.19. The first-order valence-corrected chi connectivity index (χ1v) is 10.1. The largest absolute Gasteiger partial charge is 0.490 e. The van der Waals surface area contributed by atoms with E-state index in [1.54, 1.807) is 43.7 Å². The Morgan fingerprint density at radius 2 is 1.83 bits per heavy atom. The van der Waals surface area contributed by atoms with Crippen molar-refractivity contribution in [2.45, 2.75) is 31.8 Å². The van der Waals surface area contributed by atoms with E-state index in [0.717, 1.165) is 24.2 Å². The standard InChI is InChI=1S/C23H24N4O3/c1-27-22(29)14-20(16-10-12-24-13-11-16)26-23(27)25-15-21(28)17-6-8-19(9-7-17)30-18-4-2-3-5-18/h6-14,18H,2-5,15H2,1H3,(H,25,26). The van der Waals surface area contributed by atoms with Gasteiger partial charge in [-0.25, -0.2) is 4.98 Å². The minimum Gasteiger partial charge on any atom is -0.490 e. The zero-order valence-electron chi connectivity index (χ0n) is 16.9. The lowest BCUT2D eigenvalue weighted by Crippen LogP contribution is -2.24. The fourth-order valence-electron chi connectivity index (χ4n) is 3.55. The van der Waals surface area contributed by atoms with Crippen LogP contribution in [0, 0.1) is 0 Å². The number of anilines is 1. The Kier molecular flexibility index (Phi) is 5.88. The highest BCUT2D eigenvalue weighted by Crippen LogP contribution is 2.24. The molecule has 2 aromatic heterocycles. The number of ether oxygens (including phenoxy) is 1. The number of carbonyl (C=O) groups excluding carboxylic acids is 1. The molecule has 0 atom stereocenters. The number of pyridine rings is 1. The van der Waals surface area contributed by atoms with Crippen LogP contribution in [0.15, 0.2) is 59.7 Å². The number of ketones is 1. The van der Waals surface area contributed by atoms with Gasteiger partial charge in [0.15, 0.2) is 5.78 Å². The Balaban J connectivity index is 1.43. The first-order valence-electron chi connectivity index (χ1n) is 10.1. The Labute approximate surface area is 174 Å². The van der Waals surface area contributed by atoms with Crippen molar-refractivity contribution >= 4 is 11.7 Å². The van der Waals surface area contributed by atoms with Crippen molar-refractivity contribution in [1.29, 1.82) is 0 Å². The summed E-state index contributed by atoms with van der Waals surface area (Å²) in [4.78, 5) is 33.4. The molecule has 1 aliphatic rings. The Hall–Kier alpha value is -3.48. The van der Waals surface area contributed by atoms with Crippen LogP contribution >= 0.6 is 0 Å². The van der Waals surface area contributed by atoms with E-state index in [2.05, 4.69) is 15.3 Å². The van der Waals surface area contributed by atoms with E-state index >= 15 is 0 Å². The van der Waals surface area contributed by atoms with Crippen LogP contribution in [0.5, 0.6) is 5.75 Å². The number of nitrogens with one attached hydrogen (secondary N) is 1. The average Bonchev–Trinajstić information content (AvgIpc) is 3.28. The molecule has 7 heteroatoms. The highest BCUT2D eigenvalue weighted by atomic mass is 16.5. The SMILES string of the molecule is Cn1c(NCC(=O)c2ccc(OC3CCCC3)cc2)nc(-c2ccncc2)cc1=O. The van der Waals surface area contributed by atoms with Crippen molar-refractivity contribution in [2.75, 3.05) is 11.9 Å². The quantitative estimate of drug-likeness (QED) is 0.607. The van der Waals surface area contributed by atoms with Gasteiger partial charge >= 0.3 is 0 Å².